The fourth-order valence-electron chi connectivity index (χ4n) is 0.177. The number of rotatable bonds is 5. The maximum atomic E-state index is 3.10. The second-order valence-corrected chi connectivity index (χ2v) is 3.07. The van der Waals surface area contributed by atoms with Crippen molar-refractivity contribution in [3.63, 3.8) is 0 Å². The van der Waals surface area contributed by atoms with Crippen LogP contribution in [-0.4, -0.2) is 13.1 Å². The zero-order valence-electron chi connectivity index (χ0n) is 5.23. The van der Waals surface area contributed by atoms with Gasteiger partial charge in [0.25, 0.3) is 0 Å². The Morgan fingerprint density at radius 1 is 1.00 bits per heavy atom. The van der Waals surface area contributed by atoms with Gasteiger partial charge in [0.15, 0.2) is 0 Å². The van der Waals surface area contributed by atoms with Crippen molar-refractivity contribution in [3.05, 3.63) is 0 Å². The SMILES string of the molecule is CCNSSNCC. The van der Waals surface area contributed by atoms with Crippen molar-refractivity contribution >= 4 is 22.0 Å². The van der Waals surface area contributed by atoms with E-state index in [1.165, 1.54) is 0 Å². The summed E-state index contributed by atoms with van der Waals surface area (Å²) in [5.74, 6) is 0. The second kappa shape index (κ2) is 7.62. The van der Waals surface area contributed by atoms with E-state index in [0.29, 0.717) is 0 Å². The van der Waals surface area contributed by atoms with E-state index in [0.717, 1.165) is 13.1 Å². The molecule has 0 unspecified atom stereocenters. The third-order valence-corrected chi connectivity index (χ3v) is 2.30. The summed E-state index contributed by atoms with van der Waals surface area (Å²) in [4.78, 5) is 0. The monoisotopic (exact) mass is 152 g/mol. The van der Waals surface area contributed by atoms with E-state index in [1.54, 1.807) is 22.0 Å². The predicted octanol–water partition coefficient (Wildman–Crippen LogP) is 1.42. The van der Waals surface area contributed by atoms with Crippen molar-refractivity contribution in [1.29, 1.82) is 0 Å². The van der Waals surface area contributed by atoms with Crippen LogP contribution in [0.3, 0.4) is 0 Å². The van der Waals surface area contributed by atoms with Crippen LogP contribution in [0.4, 0.5) is 0 Å². The molecule has 0 aliphatic heterocycles. The Bertz CT molecular complexity index is 37.0. The van der Waals surface area contributed by atoms with Gasteiger partial charge in [-0.3, -0.25) is 9.44 Å². The molecule has 0 rings (SSSR count). The Morgan fingerprint density at radius 3 is 1.62 bits per heavy atom. The highest BCUT2D eigenvalue weighted by atomic mass is 33.1. The minimum Gasteiger partial charge on any atom is -0.254 e. The van der Waals surface area contributed by atoms with Gasteiger partial charge in [-0.15, -0.1) is 0 Å². The lowest BCUT2D eigenvalue weighted by molar-refractivity contribution is 1.03. The molecule has 0 radical (unpaired) electrons. The van der Waals surface area contributed by atoms with Crippen LogP contribution >= 0.6 is 22.0 Å². The van der Waals surface area contributed by atoms with Gasteiger partial charge in [-0.25, -0.2) is 0 Å². The van der Waals surface area contributed by atoms with E-state index in [2.05, 4.69) is 23.3 Å². The van der Waals surface area contributed by atoms with Gasteiger partial charge in [0.05, 0.1) is 0 Å². The van der Waals surface area contributed by atoms with E-state index in [4.69, 9.17) is 0 Å². The van der Waals surface area contributed by atoms with Gasteiger partial charge in [0.2, 0.25) is 0 Å². The first-order chi connectivity index (χ1) is 3.91. The summed E-state index contributed by atoms with van der Waals surface area (Å²) in [5, 5.41) is 0. The molecule has 4 heteroatoms. The van der Waals surface area contributed by atoms with Crippen LogP contribution in [0.1, 0.15) is 13.8 Å². The van der Waals surface area contributed by atoms with Crippen molar-refractivity contribution in [1.82, 2.24) is 9.44 Å². The topological polar surface area (TPSA) is 24.1 Å². The minimum atomic E-state index is 1.02. The smallest absolute Gasteiger partial charge is 0.00519 e. The van der Waals surface area contributed by atoms with Gasteiger partial charge in [0, 0.05) is 35.0 Å². The van der Waals surface area contributed by atoms with E-state index >= 15 is 0 Å². The molecule has 0 saturated heterocycles. The van der Waals surface area contributed by atoms with Crippen molar-refractivity contribution in [2.75, 3.05) is 13.1 Å². The maximum absolute atomic E-state index is 3.10. The molecule has 0 fully saturated rings. The average Bonchev–Trinajstić information content (AvgIpc) is 1.81. The molecule has 0 aromatic rings. The summed E-state index contributed by atoms with van der Waals surface area (Å²) in [6.07, 6.45) is 0. The molecule has 0 bridgehead atoms. The minimum absolute atomic E-state index is 1.02. The molecule has 0 aliphatic rings. The first-order valence-corrected chi connectivity index (χ1v) is 4.85. The van der Waals surface area contributed by atoms with Crippen LogP contribution in [0, 0.1) is 0 Å². The molecular weight excluding hydrogens is 140 g/mol. The summed E-state index contributed by atoms with van der Waals surface area (Å²) in [7, 11) is 3.27. The molecule has 0 spiro atoms. The van der Waals surface area contributed by atoms with Crippen LogP contribution < -0.4 is 9.44 Å². The molecule has 0 heterocycles. The number of nitrogens with one attached hydrogen (secondary N) is 2. The molecule has 2 N–H and O–H groups in total. The lowest BCUT2D eigenvalue weighted by atomic mass is 10.8. The van der Waals surface area contributed by atoms with Gasteiger partial charge < -0.3 is 0 Å². The summed E-state index contributed by atoms with van der Waals surface area (Å²) >= 11 is 0. The molecule has 0 amide bonds. The van der Waals surface area contributed by atoms with E-state index in [-0.39, 0.29) is 0 Å². The van der Waals surface area contributed by atoms with Crippen molar-refractivity contribution in [2.24, 2.45) is 0 Å². The average molecular weight is 152 g/mol. The van der Waals surface area contributed by atoms with Gasteiger partial charge in [0.1, 0.15) is 0 Å². The first-order valence-electron chi connectivity index (χ1n) is 2.70. The van der Waals surface area contributed by atoms with E-state index < -0.39 is 0 Å². The summed E-state index contributed by atoms with van der Waals surface area (Å²) < 4.78 is 6.20. The van der Waals surface area contributed by atoms with Crippen LogP contribution in [0.2, 0.25) is 0 Å². The van der Waals surface area contributed by atoms with Gasteiger partial charge in [-0.05, 0) is 0 Å². The van der Waals surface area contributed by atoms with E-state index in [1.807, 2.05) is 0 Å². The molecule has 0 saturated carbocycles. The third kappa shape index (κ3) is 6.62. The predicted molar refractivity (Wildman–Crippen MR) is 42.5 cm³/mol. The lowest BCUT2D eigenvalue weighted by Crippen LogP contribution is -2.03. The Labute approximate surface area is 58.9 Å². The Hall–Kier alpha value is 0.620. The molecule has 2 nitrogen and oxygen atoms in total. The van der Waals surface area contributed by atoms with Crippen LogP contribution in [0.15, 0.2) is 0 Å². The second-order valence-electron chi connectivity index (χ2n) is 1.16. The molecule has 0 aliphatic carbocycles. The number of hydrogen-bond acceptors (Lipinski definition) is 4. The van der Waals surface area contributed by atoms with Crippen LogP contribution in [0.25, 0.3) is 0 Å². The largest absolute Gasteiger partial charge is 0.254 e. The summed E-state index contributed by atoms with van der Waals surface area (Å²) in [6.45, 7) is 6.20. The quantitative estimate of drug-likeness (QED) is 0.353. The third-order valence-electron chi connectivity index (χ3n) is 0.448. The highest BCUT2D eigenvalue weighted by molar-refractivity contribution is 8.75. The van der Waals surface area contributed by atoms with Crippen LogP contribution in [0.5, 0.6) is 0 Å². The highest BCUT2D eigenvalue weighted by Gasteiger charge is 1.80. The molecule has 8 heavy (non-hydrogen) atoms. The number of hydrogen-bond donors (Lipinski definition) is 2. The van der Waals surface area contributed by atoms with Crippen molar-refractivity contribution in [3.8, 4) is 0 Å². The normalized spacial score (nSPS) is 9.75. The molecule has 50 valence electrons. The fraction of sp³-hybridized carbons (Fsp3) is 1.00. The summed E-state index contributed by atoms with van der Waals surface area (Å²) in [6, 6.07) is 0. The van der Waals surface area contributed by atoms with Crippen LogP contribution in [-0.2, 0) is 0 Å². The van der Waals surface area contributed by atoms with Gasteiger partial charge >= 0.3 is 0 Å². The zero-order chi connectivity index (χ0) is 6.24. The molecule has 0 atom stereocenters. The first kappa shape index (κ1) is 8.62. The molecule has 0 aromatic heterocycles. The van der Waals surface area contributed by atoms with E-state index in [9.17, 15) is 0 Å². The Balaban J connectivity index is 2.53. The Morgan fingerprint density at radius 2 is 1.38 bits per heavy atom. The van der Waals surface area contributed by atoms with Gasteiger partial charge in [-0.1, -0.05) is 13.8 Å². The molecular formula is C4H12N2S2. The standard InChI is InChI=1S/C4H12N2S2/c1-3-5-7-8-6-4-2/h5-6H,3-4H2,1-2H3. The summed E-state index contributed by atoms with van der Waals surface area (Å²) in [5.41, 5.74) is 0. The van der Waals surface area contributed by atoms with Crippen molar-refractivity contribution in [2.45, 2.75) is 13.8 Å². The zero-order valence-corrected chi connectivity index (χ0v) is 6.86. The highest BCUT2D eigenvalue weighted by Crippen LogP contribution is 2.10. The Kier molecular flexibility index (Phi) is 8.21. The maximum Gasteiger partial charge on any atom is 0.00519 e. The lowest BCUT2D eigenvalue weighted by Gasteiger charge is -1.97. The molecule has 0 aromatic carbocycles. The van der Waals surface area contributed by atoms with Gasteiger partial charge in [-0.2, -0.15) is 0 Å². The fourth-order valence-corrected chi connectivity index (χ4v) is 1.59. The van der Waals surface area contributed by atoms with Crippen molar-refractivity contribution < 1.29 is 0 Å².